The van der Waals surface area contributed by atoms with Crippen LogP contribution in [0.3, 0.4) is 0 Å². The van der Waals surface area contributed by atoms with Gasteiger partial charge in [-0.25, -0.2) is 15.0 Å². The molecule has 0 amide bonds. The van der Waals surface area contributed by atoms with Gasteiger partial charge in [-0.15, -0.1) is 0 Å². The Hall–Kier alpha value is -4.32. The summed E-state index contributed by atoms with van der Waals surface area (Å²) in [7, 11) is 0. The van der Waals surface area contributed by atoms with Crippen LogP contribution in [0.5, 0.6) is 0 Å². The molecule has 0 atom stereocenters. The highest BCUT2D eigenvalue weighted by Crippen LogP contribution is 2.29. The van der Waals surface area contributed by atoms with E-state index in [-0.39, 0.29) is 5.56 Å². The van der Waals surface area contributed by atoms with Crippen LogP contribution in [0, 0.1) is 27.7 Å². The van der Waals surface area contributed by atoms with E-state index < -0.39 is 0 Å². The van der Waals surface area contributed by atoms with Crippen LogP contribution in [0.2, 0.25) is 0 Å². The minimum absolute atomic E-state index is 0.160. The molecule has 0 saturated carbocycles. The largest absolute Gasteiger partial charge is 0.276 e. The third kappa shape index (κ3) is 3.03. The molecule has 34 heavy (non-hydrogen) atoms. The number of hydrogen-bond acceptors (Lipinski definition) is 4. The van der Waals surface area contributed by atoms with Crippen LogP contribution in [0.4, 0.5) is 0 Å². The van der Waals surface area contributed by atoms with Crippen LogP contribution in [0.1, 0.15) is 22.3 Å². The fraction of sp³-hybridized carbons (Fsp3) is 0.143. The summed E-state index contributed by atoms with van der Waals surface area (Å²) < 4.78 is 3.55. The molecule has 3 aromatic carbocycles. The zero-order valence-corrected chi connectivity index (χ0v) is 19.5. The Morgan fingerprint density at radius 3 is 2.12 bits per heavy atom. The second-order valence-electron chi connectivity index (χ2n) is 8.95. The van der Waals surface area contributed by atoms with E-state index in [0.717, 1.165) is 39.1 Å². The number of hydrogen-bond donors (Lipinski definition) is 0. The Balaban J connectivity index is 1.77. The number of nitrogens with zero attached hydrogens (tertiary/aromatic N) is 5. The standard InChI is InChI=1S/C28H23N5O/c1-16-11-17(2)13-21(12-16)32-15-29-26-24(28(32)34)25-27(31-23-8-6-5-7-22(23)30-25)33(26)20-10-9-18(3)19(4)14-20/h5-15H,1-4H3. The second-order valence-corrected chi connectivity index (χ2v) is 8.95. The SMILES string of the molecule is Cc1cc(C)cc(-n2cnc3c(c2=O)c2nc4ccccc4nc2n3-c2ccc(C)c(C)c2)c1. The summed E-state index contributed by atoms with van der Waals surface area (Å²) in [4.78, 5) is 28.5. The molecule has 0 saturated heterocycles. The van der Waals surface area contributed by atoms with Gasteiger partial charge in [0.15, 0.2) is 11.3 Å². The molecule has 0 radical (unpaired) electrons. The molecule has 0 unspecified atom stereocenters. The number of aromatic nitrogens is 5. The maximum atomic E-state index is 13.9. The molecule has 0 aliphatic rings. The zero-order chi connectivity index (χ0) is 23.6. The lowest BCUT2D eigenvalue weighted by Crippen LogP contribution is -2.19. The monoisotopic (exact) mass is 445 g/mol. The average molecular weight is 446 g/mol. The quantitative estimate of drug-likeness (QED) is 0.353. The van der Waals surface area contributed by atoms with Crippen LogP contribution in [0.15, 0.2) is 71.8 Å². The molecule has 6 aromatic rings. The average Bonchev–Trinajstić information content (AvgIpc) is 3.13. The number of fused-ring (bicyclic) bond motifs is 4. The highest BCUT2D eigenvalue weighted by molar-refractivity contribution is 6.05. The topological polar surface area (TPSA) is 65.6 Å². The Morgan fingerprint density at radius 2 is 1.41 bits per heavy atom. The molecule has 0 N–H and O–H groups in total. The van der Waals surface area contributed by atoms with E-state index in [9.17, 15) is 4.79 Å². The van der Waals surface area contributed by atoms with Crippen molar-refractivity contribution in [3.05, 3.63) is 99.6 Å². The number of aryl methyl sites for hydroxylation is 4. The fourth-order valence-electron chi connectivity index (χ4n) is 4.62. The van der Waals surface area contributed by atoms with E-state index in [1.807, 2.05) is 60.9 Å². The van der Waals surface area contributed by atoms with Crippen molar-refractivity contribution >= 4 is 33.2 Å². The number of benzene rings is 3. The number of para-hydroxylation sites is 2. The maximum Gasteiger partial charge on any atom is 0.269 e. The van der Waals surface area contributed by atoms with E-state index in [4.69, 9.17) is 15.0 Å². The molecular formula is C28H23N5O. The highest BCUT2D eigenvalue weighted by Gasteiger charge is 2.21. The van der Waals surface area contributed by atoms with Gasteiger partial charge in [0.1, 0.15) is 17.2 Å². The van der Waals surface area contributed by atoms with Gasteiger partial charge in [0, 0.05) is 5.69 Å². The van der Waals surface area contributed by atoms with E-state index in [2.05, 4.69) is 32.0 Å². The Bertz CT molecular complexity index is 1810. The van der Waals surface area contributed by atoms with Crippen LogP contribution in [0.25, 0.3) is 44.6 Å². The van der Waals surface area contributed by atoms with Crippen molar-refractivity contribution in [2.24, 2.45) is 0 Å². The summed E-state index contributed by atoms with van der Waals surface area (Å²) in [6.07, 6.45) is 1.61. The lowest BCUT2D eigenvalue weighted by Gasteiger charge is -2.10. The summed E-state index contributed by atoms with van der Waals surface area (Å²) in [6.45, 7) is 8.21. The van der Waals surface area contributed by atoms with Gasteiger partial charge in [-0.05, 0) is 86.3 Å². The van der Waals surface area contributed by atoms with Crippen molar-refractivity contribution in [1.29, 1.82) is 0 Å². The molecule has 6 rings (SSSR count). The van der Waals surface area contributed by atoms with Crippen LogP contribution >= 0.6 is 0 Å². The summed E-state index contributed by atoms with van der Waals surface area (Å²) >= 11 is 0. The van der Waals surface area contributed by atoms with E-state index >= 15 is 0 Å². The third-order valence-corrected chi connectivity index (χ3v) is 6.40. The van der Waals surface area contributed by atoms with Gasteiger partial charge in [-0.3, -0.25) is 13.9 Å². The van der Waals surface area contributed by atoms with Crippen molar-refractivity contribution in [3.63, 3.8) is 0 Å². The fourth-order valence-corrected chi connectivity index (χ4v) is 4.62. The van der Waals surface area contributed by atoms with Gasteiger partial charge in [-0.1, -0.05) is 24.3 Å². The number of rotatable bonds is 2. The minimum Gasteiger partial charge on any atom is -0.276 e. The molecule has 3 heterocycles. The Morgan fingerprint density at radius 1 is 0.706 bits per heavy atom. The molecule has 0 spiro atoms. The van der Waals surface area contributed by atoms with Gasteiger partial charge in [0.25, 0.3) is 5.56 Å². The van der Waals surface area contributed by atoms with Crippen molar-refractivity contribution in [2.45, 2.75) is 27.7 Å². The van der Waals surface area contributed by atoms with E-state index in [1.165, 1.54) is 5.56 Å². The Labute approximate surface area is 196 Å². The highest BCUT2D eigenvalue weighted by atomic mass is 16.1. The molecular weight excluding hydrogens is 422 g/mol. The predicted octanol–water partition coefficient (Wildman–Crippen LogP) is 5.51. The lowest BCUT2D eigenvalue weighted by molar-refractivity contribution is 0.948. The smallest absolute Gasteiger partial charge is 0.269 e. The van der Waals surface area contributed by atoms with Gasteiger partial charge in [0.05, 0.1) is 16.7 Å². The Kier molecular flexibility index (Phi) is 4.39. The minimum atomic E-state index is -0.160. The van der Waals surface area contributed by atoms with E-state index in [1.54, 1.807) is 10.9 Å². The lowest BCUT2D eigenvalue weighted by atomic mass is 10.1. The van der Waals surface area contributed by atoms with E-state index in [0.29, 0.717) is 22.2 Å². The molecule has 6 heteroatoms. The third-order valence-electron chi connectivity index (χ3n) is 6.40. The van der Waals surface area contributed by atoms with Gasteiger partial charge < -0.3 is 0 Å². The van der Waals surface area contributed by atoms with Crippen LogP contribution in [-0.4, -0.2) is 24.1 Å². The van der Waals surface area contributed by atoms with Crippen molar-refractivity contribution in [1.82, 2.24) is 24.1 Å². The first-order chi connectivity index (χ1) is 16.4. The molecule has 0 fully saturated rings. The normalized spacial score (nSPS) is 11.6. The first-order valence-corrected chi connectivity index (χ1v) is 11.3. The molecule has 166 valence electrons. The van der Waals surface area contributed by atoms with Gasteiger partial charge in [-0.2, -0.15) is 0 Å². The van der Waals surface area contributed by atoms with Crippen molar-refractivity contribution < 1.29 is 0 Å². The summed E-state index contributed by atoms with van der Waals surface area (Å²) in [5, 5.41) is 0.466. The zero-order valence-electron chi connectivity index (χ0n) is 19.5. The van der Waals surface area contributed by atoms with Gasteiger partial charge in [0.2, 0.25) is 0 Å². The van der Waals surface area contributed by atoms with Crippen molar-refractivity contribution in [2.75, 3.05) is 0 Å². The summed E-state index contributed by atoms with van der Waals surface area (Å²) in [5.41, 5.74) is 9.33. The van der Waals surface area contributed by atoms with Crippen LogP contribution < -0.4 is 5.56 Å². The first-order valence-electron chi connectivity index (χ1n) is 11.3. The van der Waals surface area contributed by atoms with Crippen molar-refractivity contribution in [3.8, 4) is 11.4 Å². The first kappa shape index (κ1) is 20.3. The molecule has 3 aromatic heterocycles. The van der Waals surface area contributed by atoms with Crippen LogP contribution in [-0.2, 0) is 0 Å². The molecule has 0 aliphatic heterocycles. The predicted molar refractivity (Wildman–Crippen MR) is 136 cm³/mol. The molecule has 6 nitrogen and oxygen atoms in total. The molecule has 0 bridgehead atoms. The van der Waals surface area contributed by atoms with Gasteiger partial charge >= 0.3 is 0 Å². The summed E-state index contributed by atoms with van der Waals surface area (Å²) in [5.74, 6) is 0. The second kappa shape index (κ2) is 7.35. The maximum absolute atomic E-state index is 13.9. The summed E-state index contributed by atoms with van der Waals surface area (Å²) in [6, 6.07) is 20.0. The molecule has 0 aliphatic carbocycles.